The molecule has 4 rings (SSSR count). The van der Waals surface area contributed by atoms with Crippen molar-refractivity contribution < 1.29 is 26.7 Å². The zero-order valence-electron chi connectivity index (χ0n) is 20.8. The van der Waals surface area contributed by atoms with Crippen LogP contribution < -0.4 is 4.74 Å². The van der Waals surface area contributed by atoms with Gasteiger partial charge in [-0.05, 0) is 105 Å². The van der Waals surface area contributed by atoms with Crippen LogP contribution >= 0.6 is 0 Å². The first-order valence-electron chi connectivity index (χ1n) is 13.5. The lowest BCUT2D eigenvalue weighted by atomic mass is 9.69. The van der Waals surface area contributed by atoms with Crippen LogP contribution in [-0.4, -0.2) is 12.8 Å². The predicted octanol–water partition coefficient (Wildman–Crippen LogP) is 9.53. The average Bonchev–Trinajstić information content (AvgIpc) is 2.83. The lowest BCUT2D eigenvalue weighted by Gasteiger charge is -2.37. The lowest BCUT2D eigenvalue weighted by Crippen LogP contribution is -2.27. The molecule has 0 aromatic heterocycles. The smallest absolute Gasteiger partial charge is 0.412 e. The molecule has 0 radical (unpaired) electrons. The van der Waals surface area contributed by atoms with Gasteiger partial charge in [0, 0.05) is 12.0 Å². The van der Waals surface area contributed by atoms with Crippen LogP contribution in [0.3, 0.4) is 0 Å². The van der Waals surface area contributed by atoms with Gasteiger partial charge in [-0.3, -0.25) is 0 Å². The van der Waals surface area contributed by atoms with E-state index in [4.69, 9.17) is 4.74 Å². The molecule has 0 saturated heterocycles. The van der Waals surface area contributed by atoms with Crippen LogP contribution in [-0.2, 0) is 0 Å². The number of ether oxygens (including phenoxy) is 1. The number of rotatable bonds is 6. The summed E-state index contributed by atoms with van der Waals surface area (Å²) in [6, 6.07) is 4.96. The predicted molar refractivity (Wildman–Crippen MR) is 128 cm³/mol. The topological polar surface area (TPSA) is 9.23 Å². The molecule has 1 aromatic carbocycles. The van der Waals surface area contributed by atoms with E-state index in [1.807, 2.05) is 0 Å². The molecular weight excluding hydrogens is 459 g/mol. The van der Waals surface area contributed by atoms with E-state index in [0.717, 1.165) is 17.8 Å². The SMILES string of the molecule is CC1CCC(C2CCC(COc3ccc(C4CCC(/C(F)=C/C(F)(F)F)CC4)c(F)c3)CC2)CC1. The Balaban J connectivity index is 1.22. The Morgan fingerprint density at radius 3 is 2.06 bits per heavy atom. The number of hydrogen-bond donors (Lipinski definition) is 0. The van der Waals surface area contributed by atoms with Crippen molar-refractivity contribution in [3.8, 4) is 5.75 Å². The minimum absolute atomic E-state index is 0.1000. The Hall–Kier alpha value is -1.59. The van der Waals surface area contributed by atoms with Crippen LogP contribution in [0.25, 0.3) is 0 Å². The summed E-state index contributed by atoms with van der Waals surface area (Å²) in [5.41, 5.74) is 0.554. The third kappa shape index (κ3) is 7.45. The van der Waals surface area contributed by atoms with Crippen molar-refractivity contribution in [2.45, 2.75) is 96.1 Å². The highest BCUT2D eigenvalue weighted by atomic mass is 19.4. The van der Waals surface area contributed by atoms with Gasteiger partial charge in [0.1, 0.15) is 17.4 Å². The van der Waals surface area contributed by atoms with Crippen LogP contribution in [0.15, 0.2) is 30.1 Å². The molecule has 3 saturated carbocycles. The molecule has 196 valence electrons. The fourth-order valence-corrected chi connectivity index (χ4v) is 6.68. The Morgan fingerprint density at radius 2 is 1.49 bits per heavy atom. The molecular formula is C29H39F5O. The van der Waals surface area contributed by atoms with Gasteiger partial charge in [0.15, 0.2) is 0 Å². The first kappa shape index (κ1) is 26.5. The van der Waals surface area contributed by atoms with Gasteiger partial charge in [0.25, 0.3) is 0 Å². The molecule has 0 atom stereocenters. The number of halogens is 5. The molecule has 35 heavy (non-hydrogen) atoms. The van der Waals surface area contributed by atoms with Crippen molar-refractivity contribution in [2.24, 2.45) is 29.6 Å². The molecule has 0 N–H and O–H groups in total. The van der Waals surface area contributed by atoms with Crippen molar-refractivity contribution >= 4 is 0 Å². The Labute approximate surface area is 206 Å². The van der Waals surface area contributed by atoms with E-state index in [1.54, 1.807) is 12.1 Å². The zero-order valence-corrected chi connectivity index (χ0v) is 20.8. The summed E-state index contributed by atoms with van der Waals surface area (Å²) in [5, 5.41) is 0. The quantitative estimate of drug-likeness (QED) is 0.355. The van der Waals surface area contributed by atoms with Gasteiger partial charge < -0.3 is 4.74 Å². The van der Waals surface area contributed by atoms with Crippen LogP contribution in [0, 0.1) is 35.4 Å². The van der Waals surface area contributed by atoms with E-state index in [9.17, 15) is 22.0 Å². The van der Waals surface area contributed by atoms with E-state index in [2.05, 4.69) is 6.92 Å². The third-order valence-electron chi connectivity index (χ3n) is 8.93. The van der Waals surface area contributed by atoms with Crippen LogP contribution in [0.1, 0.15) is 95.5 Å². The molecule has 6 heteroatoms. The molecule has 0 heterocycles. The normalized spacial score (nSPS) is 32.9. The average molecular weight is 499 g/mol. The molecule has 3 aliphatic carbocycles. The first-order chi connectivity index (χ1) is 16.7. The van der Waals surface area contributed by atoms with Crippen LogP contribution in [0.5, 0.6) is 5.75 Å². The molecule has 3 aliphatic rings. The molecule has 0 bridgehead atoms. The van der Waals surface area contributed by atoms with E-state index >= 15 is 0 Å². The maximum atomic E-state index is 14.8. The van der Waals surface area contributed by atoms with Crippen molar-refractivity contribution in [2.75, 3.05) is 6.61 Å². The highest BCUT2D eigenvalue weighted by Gasteiger charge is 2.32. The highest BCUT2D eigenvalue weighted by molar-refractivity contribution is 5.31. The molecule has 1 aromatic rings. The summed E-state index contributed by atoms with van der Waals surface area (Å²) in [6.07, 6.45) is 7.11. The van der Waals surface area contributed by atoms with Gasteiger partial charge in [-0.2, -0.15) is 13.2 Å². The number of benzene rings is 1. The minimum Gasteiger partial charge on any atom is -0.493 e. The van der Waals surface area contributed by atoms with Crippen molar-refractivity contribution in [1.82, 2.24) is 0 Å². The number of alkyl halides is 3. The minimum atomic E-state index is -4.64. The molecule has 0 spiro atoms. The summed E-state index contributed by atoms with van der Waals surface area (Å²) in [5.74, 6) is 1.43. The zero-order chi connectivity index (χ0) is 25.0. The molecule has 1 nitrogen and oxygen atoms in total. The second-order valence-corrected chi connectivity index (χ2v) is 11.4. The van der Waals surface area contributed by atoms with Gasteiger partial charge in [-0.1, -0.05) is 25.8 Å². The number of allylic oxidation sites excluding steroid dienone is 2. The van der Waals surface area contributed by atoms with Gasteiger partial charge in [-0.25, -0.2) is 8.78 Å². The number of hydrogen-bond acceptors (Lipinski definition) is 1. The monoisotopic (exact) mass is 498 g/mol. The molecule has 0 amide bonds. The molecule has 0 aliphatic heterocycles. The Kier molecular flexibility index (Phi) is 8.80. The van der Waals surface area contributed by atoms with Crippen molar-refractivity contribution in [3.05, 3.63) is 41.5 Å². The largest absolute Gasteiger partial charge is 0.493 e. The van der Waals surface area contributed by atoms with Crippen LogP contribution in [0.4, 0.5) is 22.0 Å². The summed E-state index contributed by atoms with van der Waals surface area (Å²) < 4.78 is 71.9. The van der Waals surface area contributed by atoms with Gasteiger partial charge >= 0.3 is 6.18 Å². The van der Waals surface area contributed by atoms with Crippen LogP contribution in [0.2, 0.25) is 0 Å². The standard InChI is InChI=1S/C29H39F5O/c1-19-2-6-21(7-3-19)22-8-4-20(5-9-22)18-35-25-14-15-26(27(30)16-25)23-10-12-24(13-11-23)28(31)17-29(32,33)34/h14-17,19-24H,2-13,18H2,1H3/b28-17-. The van der Waals surface area contributed by atoms with Gasteiger partial charge in [0.05, 0.1) is 12.7 Å². The maximum Gasteiger partial charge on any atom is 0.412 e. The summed E-state index contributed by atoms with van der Waals surface area (Å²) in [4.78, 5) is 0. The first-order valence-corrected chi connectivity index (χ1v) is 13.5. The summed E-state index contributed by atoms with van der Waals surface area (Å²) in [7, 11) is 0. The fraction of sp³-hybridized carbons (Fsp3) is 0.724. The third-order valence-corrected chi connectivity index (χ3v) is 8.93. The second-order valence-electron chi connectivity index (χ2n) is 11.4. The lowest BCUT2D eigenvalue weighted by molar-refractivity contribution is -0.0820. The summed E-state index contributed by atoms with van der Waals surface area (Å²) >= 11 is 0. The van der Waals surface area contributed by atoms with E-state index < -0.39 is 17.9 Å². The maximum absolute atomic E-state index is 14.8. The fourth-order valence-electron chi connectivity index (χ4n) is 6.68. The Bertz CT molecular complexity index is 839. The van der Waals surface area contributed by atoms with Crippen molar-refractivity contribution in [1.29, 1.82) is 0 Å². The van der Waals surface area contributed by atoms with Crippen molar-refractivity contribution in [3.63, 3.8) is 0 Å². The summed E-state index contributed by atoms with van der Waals surface area (Å²) in [6.45, 7) is 2.98. The Morgan fingerprint density at radius 1 is 0.886 bits per heavy atom. The van der Waals surface area contributed by atoms with E-state index in [1.165, 1.54) is 57.4 Å². The molecule has 3 fully saturated rings. The second kappa shape index (κ2) is 11.6. The molecule has 0 unspecified atom stereocenters. The highest BCUT2D eigenvalue weighted by Crippen LogP contribution is 2.43. The van der Waals surface area contributed by atoms with E-state index in [0.29, 0.717) is 49.5 Å². The van der Waals surface area contributed by atoms with Gasteiger partial charge in [0.2, 0.25) is 0 Å². The van der Waals surface area contributed by atoms with E-state index in [-0.39, 0.29) is 17.8 Å². The van der Waals surface area contributed by atoms with Gasteiger partial charge in [-0.15, -0.1) is 0 Å².